The largest absolute Gasteiger partial charge is 0.497 e. The van der Waals surface area contributed by atoms with E-state index in [9.17, 15) is 13.2 Å². The molecule has 10 nitrogen and oxygen atoms in total. The first-order valence-corrected chi connectivity index (χ1v) is 10.9. The second-order valence-electron chi connectivity index (χ2n) is 6.90. The highest BCUT2D eigenvalue weighted by atomic mass is 32.2. The molecule has 29 heavy (non-hydrogen) atoms. The molecule has 3 rings (SSSR count). The first-order valence-electron chi connectivity index (χ1n) is 9.01. The van der Waals surface area contributed by atoms with Gasteiger partial charge in [-0.3, -0.25) is 9.40 Å². The fourth-order valence-corrected chi connectivity index (χ4v) is 3.92. The van der Waals surface area contributed by atoms with Crippen molar-refractivity contribution in [1.82, 2.24) is 14.7 Å². The van der Waals surface area contributed by atoms with E-state index in [2.05, 4.69) is 15.1 Å². The first-order chi connectivity index (χ1) is 13.8. The van der Waals surface area contributed by atoms with E-state index in [0.717, 1.165) is 6.26 Å². The van der Waals surface area contributed by atoms with Gasteiger partial charge in [0.2, 0.25) is 10.0 Å². The Morgan fingerprint density at radius 3 is 2.79 bits per heavy atom. The number of benzene rings is 1. The average molecular weight is 423 g/mol. The van der Waals surface area contributed by atoms with Gasteiger partial charge in [-0.1, -0.05) is 6.07 Å². The lowest BCUT2D eigenvalue weighted by Crippen LogP contribution is -2.41. The van der Waals surface area contributed by atoms with Crippen LogP contribution in [-0.4, -0.2) is 68.8 Å². The van der Waals surface area contributed by atoms with Gasteiger partial charge in [-0.2, -0.15) is 5.10 Å². The van der Waals surface area contributed by atoms with Gasteiger partial charge in [0.15, 0.2) is 0 Å². The lowest BCUT2D eigenvalue weighted by molar-refractivity contribution is 0.128. The number of likely N-dealkylation sites (tertiary alicyclic amines) is 1. The topological polar surface area (TPSA) is 115 Å². The highest BCUT2D eigenvalue weighted by molar-refractivity contribution is 7.92. The maximum Gasteiger partial charge on any atom is 0.322 e. The highest BCUT2D eigenvalue weighted by Crippen LogP contribution is 2.29. The van der Waals surface area contributed by atoms with E-state index in [0.29, 0.717) is 36.7 Å². The van der Waals surface area contributed by atoms with Gasteiger partial charge in [0.1, 0.15) is 5.75 Å². The molecule has 2 amide bonds. The number of ether oxygens (including phenoxy) is 2. The van der Waals surface area contributed by atoms with Gasteiger partial charge in [0.05, 0.1) is 43.9 Å². The number of nitrogens with one attached hydrogen (secondary N) is 2. The summed E-state index contributed by atoms with van der Waals surface area (Å²) in [6.07, 6.45) is 4.79. The molecule has 2 atom stereocenters. The molecule has 0 spiro atoms. The molecule has 2 N–H and O–H groups in total. The van der Waals surface area contributed by atoms with Crippen LogP contribution in [0.25, 0.3) is 0 Å². The van der Waals surface area contributed by atoms with Crippen LogP contribution in [0.4, 0.5) is 16.2 Å². The van der Waals surface area contributed by atoms with Crippen molar-refractivity contribution in [2.45, 2.75) is 18.5 Å². The van der Waals surface area contributed by atoms with Crippen LogP contribution in [0.15, 0.2) is 36.7 Å². The van der Waals surface area contributed by atoms with Crippen LogP contribution in [0, 0.1) is 0 Å². The van der Waals surface area contributed by atoms with Crippen LogP contribution in [0.3, 0.4) is 0 Å². The summed E-state index contributed by atoms with van der Waals surface area (Å²) in [6, 6.07) is 6.66. The van der Waals surface area contributed by atoms with E-state index < -0.39 is 10.0 Å². The zero-order valence-corrected chi connectivity index (χ0v) is 17.3. The van der Waals surface area contributed by atoms with Crippen molar-refractivity contribution in [2.24, 2.45) is 0 Å². The Morgan fingerprint density at radius 2 is 2.10 bits per heavy atom. The van der Waals surface area contributed by atoms with Gasteiger partial charge < -0.3 is 19.7 Å². The Balaban J connectivity index is 1.72. The van der Waals surface area contributed by atoms with Gasteiger partial charge in [0, 0.05) is 31.6 Å². The molecular weight excluding hydrogens is 398 g/mol. The van der Waals surface area contributed by atoms with Crippen LogP contribution in [-0.2, 0) is 14.8 Å². The van der Waals surface area contributed by atoms with E-state index in [1.54, 1.807) is 54.3 Å². The second kappa shape index (κ2) is 8.70. The summed E-state index contributed by atoms with van der Waals surface area (Å²) in [7, 11) is -0.222. The Bertz CT molecular complexity index is 961. The second-order valence-corrected chi connectivity index (χ2v) is 8.64. The maximum atomic E-state index is 12.9. The standard InChI is InChI=1S/C18H25N5O5S/c1-27-12-16-8-15(23-10-14(9-19-23)21-29(3,25)26)11-22(16)18(24)20-13-5-4-6-17(7-13)28-2/h4-7,9-10,15-16,21H,8,11-12H2,1-3H3,(H,20,24)/t15-,16-/m0/s1. The minimum atomic E-state index is -3.38. The average Bonchev–Trinajstić information content (AvgIpc) is 3.28. The quantitative estimate of drug-likeness (QED) is 0.701. The number of hydrogen-bond donors (Lipinski definition) is 2. The van der Waals surface area contributed by atoms with E-state index in [4.69, 9.17) is 9.47 Å². The molecule has 1 aromatic carbocycles. The number of nitrogens with zero attached hydrogens (tertiary/aromatic N) is 3. The Labute approximate surface area is 169 Å². The molecule has 158 valence electrons. The highest BCUT2D eigenvalue weighted by Gasteiger charge is 2.36. The van der Waals surface area contributed by atoms with Crippen molar-refractivity contribution >= 4 is 27.4 Å². The van der Waals surface area contributed by atoms with Crippen LogP contribution in [0.1, 0.15) is 12.5 Å². The number of amides is 2. The summed E-state index contributed by atoms with van der Waals surface area (Å²) in [4.78, 5) is 14.6. The number of anilines is 2. The molecule has 0 aliphatic carbocycles. The predicted octanol–water partition coefficient (Wildman–Crippen LogP) is 1.76. The van der Waals surface area contributed by atoms with Gasteiger partial charge >= 0.3 is 6.03 Å². The van der Waals surface area contributed by atoms with E-state index in [-0.39, 0.29) is 18.1 Å². The third-order valence-electron chi connectivity index (χ3n) is 4.61. The SMILES string of the molecule is COC[C@@H]1C[C@H](n2cc(NS(C)(=O)=O)cn2)CN1C(=O)Nc1cccc(OC)c1. The van der Waals surface area contributed by atoms with E-state index in [1.807, 2.05) is 0 Å². The van der Waals surface area contributed by atoms with Crippen molar-refractivity contribution < 1.29 is 22.7 Å². The third kappa shape index (κ3) is 5.39. The molecule has 2 aromatic rings. The van der Waals surface area contributed by atoms with Crippen molar-refractivity contribution in [1.29, 1.82) is 0 Å². The molecule has 0 bridgehead atoms. The Morgan fingerprint density at radius 1 is 1.31 bits per heavy atom. The van der Waals surface area contributed by atoms with E-state index in [1.165, 1.54) is 6.20 Å². The van der Waals surface area contributed by atoms with Crippen LogP contribution in [0.2, 0.25) is 0 Å². The molecule has 1 aliphatic rings. The summed E-state index contributed by atoms with van der Waals surface area (Å²) in [5.41, 5.74) is 1.02. The lowest BCUT2D eigenvalue weighted by Gasteiger charge is -2.24. The number of sulfonamides is 1. The summed E-state index contributed by atoms with van der Waals surface area (Å²) in [5, 5.41) is 7.14. The number of carbonyl (C=O) groups excluding carboxylic acids is 1. The van der Waals surface area contributed by atoms with Crippen molar-refractivity contribution in [3.05, 3.63) is 36.7 Å². The minimum Gasteiger partial charge on any atom is -0.497 e. The number of rotatable bonds is 7. The monoisotopic (exact) mass is 423 g/mol. The fraction of sp³-hybridized carbons (Fsp3) is 0.444. The molecule has 1 saturated heterocycles. The van der Waals surface area contributed by atoms with Gasteiger partial charge in [-0.05, 0) is 18.6 Å². The minimum absolute atomic E-state index is 0.0960. The Hall–Kier alpha value is -2.79. The molecule has 0 saturated carbocycles. The molecule has 0 unspecified atom stereocenters. The van der Waals surface area contributed by atoms with E-state index >= 15 is 0 Å². The third-order valence-corrected chi connectivity index (χ3v) is 5.22. The normalized spacial score (nSPS) is 19.2. The Kier molecular flexibility index (Phi) is 6.28. The molecule has 0 radical (unpaired) electrons. The molecule has 2 heterocycles. The molecular formula is C18H25N5O5S. The van der Waals surface area contributed by atoms with Crippen molar-refractivity contribution in [3.63, 3.8) is 0 Å². The lowest BCUT2D eigenvalue weighted by atomic mass is 10.2. The smallest absolute Gasteiger partial charge is 0.322 e. The summed E-state index contributed by atoms with van der Waals surface area (Å²) < 4.78 is 37.3. The number of aromatic nitrogens is 2. The van der Waals surface area contributed by atoms with Gasteiger partial charge in [-0.25, -0.2) is 13.2 Å². The van der Waals surface area contributed by atoms with Gasteiger partial charge in [-0.15, -0.1) is 0 Å². The maximum absolute atomic E-state index is 12.9. The zero-order chi connectivity index (χ0) is 21.0. The van der Waals surface area contributed by atoms with Crippen molar-refractivity contribution in [2.75, 3.05) is 43.7 Å². The zero-order valence-electron chi connectivity index (χ0n) is 16.5. The van der Waals surface area contributed by atoms with Gasteiger partial charge in [0.25, 0.3) is 0 Å². The summed E-state index contributed by atoms with van der Waals surface area (Å²) in [5.74, 6) is 0.651. The van der Waals surface area contributed by atoms with Crippen LogP contribution >= 0.6 is 0 Å². The van der Waals surface area contributed by atoms with Crippen molar-refractivity contribution in [3.8, 4) is 5.75 Å². The number of hydrogen-bond acceptors (Lipinski definition) is 6. The fourth-order valence-electron chi connectivity index (χ4n) is 3.38. The summed E-state index contributed by atoms with van der Waals surface area (Å²) >= 11 is 0. The van der Waals surface area contributed by atoms with Crippen LogP contribution in [0.5, 0.6) is 5.75 Å². The number of urea groups is 1. The van der Waals surface area contributed by atoms with Crippen LogP contribution < -0.4 is 14.8 Å². The predicted molar refractivity (Wildman–Crippen MR) is 109 cm³/mol. The molecule has 1 aromatic heterocycles. The molecule has 1 fully saturated rings. The number of methoxy groups -OCH3 is 2. The number of carbonyl (C=O) groups is 1. The first kappa shape index (κ1) is 20.9. The molecule has 1 aliphatic heterocycles. The molecule has 11 heteroatoms. The summed E-state index contributed by atoms with van der Waals surface area (Å²) in [6.45, 7) is 0.807.